The van der Waals surface area contributed by atoms with Gasteiger partial charge in [0.1, 0.15) is 24.7 Å². The van der Waals surface area contributed by atoms with E-state index in [4.69, 9.17) is 9.84 Å². The van der Waals surface area contributed by atoms with Crippen molar-refractivity contribution < 1.29 is 19.0 Å². The molecule has 1 saturated heterocycles. The smallest absolute Gasteiger partial charge is 0.263 e. The van der Waals surface area contributed by atoms with Crippen molar-refractivity contribution in [1.29, 1.82) is 0 Å². The molecule has 1 heterocycles. The number of rotatable bonds is 4. The summed E-state index contributed by atoms with van der Waals surface area (Å²) in [6.45, 7) is -0.356. The first kappa shape index (κ1) is 12.9. The number of aliphatic hydroxyl groups is 1. The molecule has 0 aromatic rings. The average molecular weight is 233 g/mol. The van der Waals surface area contributed by atoms with E-state index in [1.165, 1.54) is 12.1 Å². The lowest BCUT2D eigenvalue weighted by atomic mass is 10.2. The van der Waals surface area contributed by atoms with Crippen LogP contribution in [0, 0.1) is 0 Å². The number of alkyl halides is 1. The first-order valence-electron chi connectivity index (χ1n) is 4.97. The number of halogens is 1. The van der Waals surface area contributed by atoms with Crippen molar-refractivity contribution in [3.63, 3.8) is 0 Å². The molecule has 16 heavy (non-hydrogen) atoms. The highest BCUT2D eigenvalue weighted by atomic mass is 19.1. The zero-order valence-corrected chi connectivity index (χ0v) is 9.26. The van der Waals surface area contributed by atoms with E-state index in [2.05, 4.69) is 10.4 Å². The lowest BCUT2D eigenvalue weighted by molar-refractivity contribution is -0.114. The van der Waals surface area contributed by atoms with Gasteiger partial charge in [0.2, 0.25) is 0 Å². The molecule has 0 spiro atoms. The van der Waals surface area contributed by atoms with Crippen LogP contribution in [0.5, 0.6) is 0 Å². The van der Waals surface area contributed by atoms with Gasteiger partial charge in [-0.15, -0.1) is 0 Å². The summed E-state index contributed by atoms with van der Waals surface area (Å²) in [6.07, 6.45) is -1.33. The van der Waals surface area contributed by atoms with Gasteiger partial charge in [-0.3, -0.25) is 9.80 Å². The molecule has 1 amide bonds. The second-order valence-electron chi connectivity index (χ2n) is 3.50. The minimum absolute atomic E-state index is 0.132. The van der Waals surface area contributed by atoms with Crippen LogP contribution in [0.4, 0.5) is 4.39 Å². The van der Waals surface area contributed by atoms with Gasteiger partial charge in [-0.1, -0.05) is 0 Å². The molecule has 6 nitrogen and oxygen atoms in total. The molecular formula is C9H16FN3O3. The van der Waals surface area contributed by atoms with Crippen LogP contribution in [0.25, 0.3) is 0 Å². The normalized spacial score (nSPS) is 29.6. The van der Waals surface area contributed by atoms with Gasteiger partial charge >= 0.3 is 0 Å². The van der Waals surface area contributed by atoms with Crippen molar-refractivity contribution >= 4 is 12.1 Å². The lowest BCUT2D eigenvalue weighted by Gasteiger charge is -2.20. The molecular weight excluding hydrogens is 217 g/mol. The van der Waals surface area contributed by atoms with Gasteiger partial charge in [0.15, 0.2) is 0 Å². The Morgan fingerprint density at radius 3 is 3.00 bits per heavy atom. The summed E-state index contributed by atoms with van der Waals surface area (Å²) >= 11 is 0. The predicted octanol–water partition coefficient (Wildman–Crippen LogP) is -0.905. The third-order valence-corrected chi connectivity index (χ3v) is 2.36. The van der Waals surface area contributed by atoms with E-state index in [1.807, 2.05) is 0 Å². The fourth-order valence-corrected chi connectivity index (χ4v) is 1.37. The number of carbonyl (C=O) groups excluding carboxylic acids is 1. The summed E-state index contributed by atoms with van der Waals surface area (Å²) in [5, 5.41) is 16.3. The molecule has 3 unspecified atom stereocenters. The zero-order valence-electron chi connectivity index (χ0n) is 9.26. The Labute approximate surface area is 93.1 Å². The summed E-state index contributed by atoms with van der Waals surface area (Å²) in [6, 6.07) is 0. The van der Waals surface area contributed by atoms with Gasteiger partial charge < -0.3 is 15.2 Å². The average Bonchev–Trinajstić information content (AvgIpc) is 2.66. The van der Waals surface area contributed by atoms with Crippen molar-refractivity contribution in [2.45, 2.75) is 24.9 Å². The molecule has 0 saturated carbocycles. The number of hydrazone groups is 1. The molecule has 1 fully saturated rings. The molecule has 92 valence electrons. The van der Waals surface area contributed by atoms with Crippen LogP contribution in [-0.4, -0.2) is 61.4 Å². The highest BCUT2D eigenvalue weighted by Crippen LogP contribution is 2.24. The molecule has 0 aliphatic carbocycles. The topological polar surface area (TPSA) is 74.2 Å². The van der Waals surface area contributed by atoms with Gasteiger partial charge in [0.25, 0.3) is 5.91 Å². The number of carbonyl (C=O) groups is 1. The Bertz CT molecular complexity index is 275. The maximum absolute atomic E-state index is 13.2. The second-order valence-corrected chi connectivity index (χ2v) is 3.50. The Hall–Kier alpha value is -1.21. The van der Waals surface area contributed by atoms with E-state index in [0.29, 0.717) is 0 Å². The van der Waals surface area contributed by atoms with Gasteiger partial charge in [0, 0.05) is 20.5 Å². The van der Waals surface area contributed by atoms with Crippen molar-refractivity contribution in [2.24, 2.45) is 5.10 Å². The SMILES string of the molecule is CNC(=O)/C=N/N(C)C1CC(F)C(CO)O1. The minimum Gasteiger partial charge on any atom is -0.394 e. The van der Waals surface area contributed by atoms with Crippen LogP contribution in [0.2, 0.25) is 0 Å². The highest BCUT2D eigenvalue weighted by molar-refractivity contribution is 6.26. The Balaban J connectivity index is 2.47. The molecule has 1 rings (SSSR count). The number of nitrogens with zero attached hydrogens (tertiary/aromatic N) is 2. The van der Waals surface area contributed by atoms with E-state index in [0.717, 1.165) is 6.21 Å². The fraction of sp³-hybridized carbons (Fsp3) is 0.778. The summed E-state index contributed by atoms with van der Waals surface area (Å²) in [7, 11) is 3.07. The van der Waals surface area contributed by atoms with Crippen molar-refractivity contribution in [3.05, 3.63) is 0 Å². The Kier molecular flexibility index (Phi) is 4.63. The third-order valence-electron chi connectivity index (χ3n) is 2.36. The van der Waals surface area contributed by atoms with Crippen LogP contribution in [0.1, 0.15) is 6.42 Å². The highest BCUT2D eigenvalue weighted by Gasteiger charge is 2.36. The summed E-state index contributed by atoms with van der Waals surface area (Å²) in [5.41, 5.74) is 0. The lowest BCUT2D eigenvalue weighted by Crippen LogP contribution is -2.29. The monoisotopic (exact) mass is 233 g/mol. The van der Waals surface area contributed by atoms with E-state index in [-0.39, 0.29) is 18.9 Å². The molecule has 0 aromatic carbocycles. The second kappa shape index (κ2) is 5.76. The molecule has 0 radical (unpaired) electrons. The predicted molar refractivity (Wildman–Crippen MR) is 55.6 cm³/mol. The molecule has 0 aromatic heterocycles. The summed E-state index contributed by atoms with van der Waals surface area (Å²) in [5.74, 6) is -0.347. The molecule has 0 bridgehead atoms. The first-order chi connectivity index (χ1) is 7.58. The van der Waals surface area contributed by atoms with Crippen LogP contribution in [0.15, 0.2) is 5.10 Å². The third kappa shape index (κ3) is 3.14. The van der Waals surface area contributed by atoms with Crippen LogP contribution >= 0.6 is 0 Å². The van der Waals surface area contributed by atoms with E-state index < -0.39 is 18.5 Å². The largest absolute Gasteiger partial charge is 0.394 e. The quantitative estimate of drug-likeness (QED) is 0.487. The van der Waals surface area contributed by atoms with E-state index in [1.54, 1.807) is 7.05 Å². The molecule has 1 aliphatic rings. The van der Waals surface area contributed by atoms with Gasteiger partial charge in [-0.05, 0) is 0 Å². The van der Waals surface area contributed by atoms with Crippen LogP contribution in [0.3, 0.4) is 0 Å². The standard InChI is InChI=1S/C9H16FN3O3/c1-11-8(15)4-12-13(2)9-3-6(10)7(5-14)16-9/h4,6-7,9,14H,3,5H2,1-2H3,(H,11,15)/b12-4+. The number of ether oxygens (including phenoxy) is 1. The van der Waals surface area contributed by atoms with Gasteiger partial charge in [-0.2, -0.15) is 5.10 Å². The number of hydrogen-bond donors (Lipinski definition) is 2. The van der Waals surface area contributed by atoms with E-state index in [9.17, 15) is 9.18 Å². The maximum atomic E-state index is 13.2. The zero-order chi connectivity index (χ0) is 12.1. The van der Waals surface area contributed by atoms with Gasteiger partial charge in [0.05, 0.1) is 6.61 Å². The number of aliphatic hydroxyl groups excluding tert-OH is 1. The number of nitrogens with one attached hydrogen (secondary N) is 1. The van der Waals surface area contributed by atoms with Crippen LogP contribution < -0.4 is 5.32 Å². The summed E-state index contributed by atoms with van der Waals surface area (Å²) < 4.78 is 18.4. The van der Waals surface area contributed by atoms with Crippen molar-refractivity contribution in [1.82, 2.24) is 10.3 Å². The number of amides is 1. The Morgan fingerprint density at radius 2 is 2.50 bits per heavy atom. The Morgan fingerprint density at radius 1 is 1.81 bits per heavy atom. The molecule has 3 atom stereocenters. The first-order valence-corrected chi connectivity index (χ1v) is 4.97. The minimum atomic E-state index is -1.20. The van der Waals surface area contributed by atoms with Crippen LogP contribution in [-0.2, 0) is 9.53 Å². The van der Waals surface area contributed by atoms with Crippen molar-refractivity contribution in [3.8, 4) is 0 Å². The number of hydrogen-bond acceptors (Lipinski definition) is 5. The van der Waals surface area contributed by atoms with Gasteiger partial charge in [-0.25, -0.2) is 4.39 Å². The molecule has 2 N–H and O–H groups in total. The fourth-order valence-electron chi connectivity index (χ4n) is 1.37. The summed E-state index contributed by atoms with van der Waals surface area (Å²) in [4.78, 5) is 10.9. The molecule has 1 aliphatic heterocycles. The van der Waals surface area contributed by atoms with Crippen molar-refractivity contribution in [2.75, 3.05) is 20.7 Å². The van der Waals surface area contributed by atoms with E-state index >= 15 is 0 Å². The maximum Gasteiger partial charge on any atom is 0.263 e. The molecule has 7 heteroatoms.